The molecule has 132 valence electrons. The minimum absolute atomic E-state index is 0.174. The van der Waals surface area contributed by atoms with E-state index >= 15 is 0 Å². The molecule has 1 aliphatic heterocycles. The SMILES string of the molecule is O=C(Nc1ccccc1OCCn1ccnc1)[C@@H]1Cc2ccccc2O1. The fraction of sp³-hybridized carbons (Fsp3) is 0.200. The van der Waals surface area contributed by atoms with E-state index in [1.807, 2.05) is 59.3 Å². The van der Waals surface area contributed by atoms with Crippen LogP contribution in [0.15, 0.2) is 67.3 Å². The van der Waals surface area contributed by atoms with Gasteiger partial charge in [0.25, 0.3) is 5.91 Å². The minimum Gasteiger partial charge on any atom is -0.490 e. The number of carbonyl (C=O) groups excluding carboxylic acids is 1. The van der Waals surface area contributed by atoms with Gasteiger partial charge < -0.3 is 19.4 Å². The predicted octanol–water partition coefficient (Wildman–Crippen LogP) is 2.90. The predicted molar refractivity (Wildman–Crippen MR) is 97.4 cm³/mol. The number of para-hydroxylation sites is 3. The zero-order valence-corrected chi connectivity index (χ0v) is 14.2. The summed E-state index contributed by atoms with van der Waals surface area (Å²) in [6.07, 6.45) is 5.41. The molecular weight excluding hydrogens is 330 g/mol. The maximum absolute atomic E-state index is 12.6. The van der Waals surface area contributed by atoms with Crippen LogP contribution in [-0.4, -0.2) is 28.2 Å². The Kier molecular flexibility index (Phi) is 4.55. The fourth-order valence-corrected chi connectivity index (χ4v) is 2.92. The number of aromatic nitrogens is 2. The number of anilines is 1. The molecule has 0 spiro atoms. The Balaban J connectivity index is 1.38. The first-order valence-electron chi connectivity index (χ1n) is 8.52. The summed E-state index contributed by atoms with van der Waals surface area (Å²) in [5.41, 5.74) is 1.69. The summed E-state index contributed by atoms with van der Waals surface area (Å²) in [6.45, 7) is 1.16. The molecule has 4 rings (SSSR count). The van der Waals surface area contributed by atoms with Crippen LogP contribution in [0.25, 0.3) is 0 Å². The summed E-state index contributed by atoms with van der Waals surface area (Å²) in [6, 6.07) is 15.1. The number of carbonyl (C=O) groups is 1. The van der Waals surface area contributed by atoms with Gasteiger partial charge in [-0.15, -0.1) is 0 Å². The Morgan fingerprint density at radius 2 is 2.08 bits per heavy atom. The lowest BCUT2D eigenvalue weighted by Crippen LogP contribution is -2.31. The van der Waals surface area contributed by atoms with Crippen LogP contribution in [0.4, 0.5) is 5.69 Å². The highest BCUT2D eigenvalue weighted by Crippen LogP contribution is 2.30. The number of rotatable bonds is 6. The average molecular weight is 349 g/mol. The Morgan fingerprint density at radius 3 is 2.92 bits per heavy atom. The van der Waals surface area contributed by atoms with E-state index in [1.54, 1.807) is 12.5 Å². The largest absolute Gasteiger partial charge is 0.490 e. The molecule has 1 aromatic heterocycles. The molecule has 0 bridgehead atoms. The topological polar surface area (TPSA) is 65.4 Å². The van der Waals surface area contributed by atoms with Crippen LogP contribution in [0.3, 0.4) is 0 Å². The van der Waals surface area contributed by atoms with Gasteiger partial charge in [-0.2, -0.15) is 0 Å². The number of fused-ring (bicyclic) bond motifs is 1. The highest BCUT2D eigenvalue weighted by molar-refractivity contribution is 5.96. The molecule has 0 fully saturated rings. The van der Waals surface area contributed by atoms with Crippen LogP contribution in [-0.2, 0) is 17.8 Å². The first kappa shape index (κ1) is 16.2. The van der Waals surface area contributed by atoms with Gasteiger partial charge in [0.05, 0.1) is 18.6 Å². The summed E-state index contributed by atoms with van der Waals surface area (Å²) in [5.74, 6) is 1.24. The van der Waals surface area contributed by atoms with Gasteiger partial charge in [0.15, 0.2) is 6.10 Å². The summed E-state index contributed by atoms with van der Waals surface area (Å²) in [4.78, 5) is 16.6. The van der Waals surface area contributed by atoms with Crippen molar-refractivity contribution < 1.29 is 14.3 Å². The average Bonchev–Trinajstić information content (AvgIpc) is 3.32. The van der Waals surface area contributed by atoms with Crippen LogP contribution in [0, 0.1) is 0 Å². The second kappa shape index (κ2) is 7.31. The molecule has 26 heavy (non-hydrogen) atoms. The van der Waals surface area contributed by atoms with Crippen molar-refractivity contribution in [2.75, 3.05) is 11.9 Å². The number of nitrogens with zero attached hydrogens (tertiary/aromatic N) is 2. The van der Waals surface area contributed by atoms with Crippen LogP contribution >= 0.6 is 0 Å². The molecule has 0 radical (unpaired) electrons. The standard InChI is InChI=1S/C20H19N3O3/c24-20(19-13-15-5-1-3-7-17(15)26-19)22-16-6-2-4-8-18(16)25-12-11-23-10-9-21-14-23/h1-10,14,19H,11-13H2,(H,22,24)/t19-/m0/s1. The number of amides is 1. The molecule has 3 aromatic rings. The van der Waals surface area contributed by atoms with Gasteiger partial charge in [0.2, 0.25) is 0 Å². The van der Waals surface area contributed by atoms with Crippen molar-refractivity contribution >= 4 is 11.6 Å². The van der Waals surface area contributed by atoms with E-state index in [2.05, 4.69) is 10.3 Å². The summed E-state index contributed by atoms with van der Waals surface area (Å²) < 4.78 is 13.5. The maximum atomic E-state index is 12.6. The van der Waals surface area contributed by atoms with E-state index in [-0.39, 0.29) is 5.91 Å². The number of hydrogen-bond acceptors (Lipinski definition) is 4. The maximum Gasteiger partial charge on any atom is 0.265 e. The minimum atomic E-state index is -0.522. The monoisotopic (exact) mass is 349 g/mol. The molecule has 0 aliphatic carbocycles. The zero-order valence-electron chi connectivity index (χ0n) is 14.2. The number of imidazole rings is 1. The Morgan fingerprint density at radius 1 is 1.23 bits per heavy atom. The molecule has 0 saturated carbocycles. The molecule has 1 N–H and O–H groups in total. The lowest BCUT2D eigenvalue weighted by molar-refractivity contribution is -0.122. The lowest BCUT2D eigenvalue weighted by atomic mass is 10.1. The van der Waals surface area contributed by atoms with Gasteiger partial charge in [-0.1, -0.05) is 30.3 Å². The number of ether oxygens (including phenoxy) is 2. The second-order valence-electron chi connectivity index (χ2n) is 6.05. The van der Waals surface area contributed by atoms with Gasteiger partial charge in [0.1, 0.15) is 18.1 Å². The van der Waals surface area contributed by atoms with Gasteiger partial charge in [-0.25, -0.2) is 4.98 Å². The summed E-state index contributed by atoms with van der Waals surface area (Å²) >= 11 is 0. The highest BCUT2D eigenvalue weighted by atomic mass is 16.5. The number of benzene rings is 2. The normalized spacial score (nSPS) is 15.2. The van der Waals surface area contributed by atoms with Crippen molar-refractivity contribution in [2.45, 2.75) is 19.1 Å². The van der Waals surface area contributed by atoms with Gasteiger partial charge in [-0.05, 0) is 23.8 Å². The molecule has 0 saturated heterocycles. The van der Waals surface area contributed by atoms with E-state index in [1.165, 1.54) is 0 Å². The fourth-order valence-electron chi connectivity index (χ4n) is 2.92. The molecule has 1 aliphatic rings. The highest BCUT2D eigenvalue weighted by Gasteiger charge is 2.29. The molecule has 0 unspecified atom stereocenters. The number of hydrogen-bond donors (Lipinski definition) is 1. The third kappa shape index (κ3) is 3.54. The smallest absolute Gasteiger partial charge is 0.265 e. The zero-order chi connectivity index (χ0) is 17.8. The lowest BCUT2D eigenvalue weighted by Gasteiger charge is -2.15. The third-order valence-corrected chi connectivity index (χ3v) is 4.25. The van der Waals surface area contributed by atoms with Gasteiger partial charge in [-0.3, -0.25) is 4.79 Å². The van der Waals surface area contributed by atoms with E-state index in [9.17, 15) is 4.79 Å². The van der Waals surface area contributed by atoms with E-state index in [4.69, 9.17) is 9.47 Å². The van der Waals surface area contributed by atoms with Crippen molar-refractivity contribution in [1.29, 1.82) is 0 Å². The van der Waals surface area contributed by atoms with Crippen molar-refractivity contribution in [3.63, 3.8) is 0 Å². The Bertz CT molecular complexity index is 868. The van der Waals surface area contributed by atoms with Crippen molar-refractivity contribution in [3.05, 3.63) is 72.8 Å². The first-order chi connectivity index (χ1) is 12.8. The molecule has 2 heterocycles. The van der Waals surface area contributed by atoms with Crippen molar-refractivity contribution in [3.8, 4) is 11.5 Å². The molecule has 2 aromatic carbocycles. The third-order valence-electron chi connectivity index (χ3n) is 4.25. The van der Waals surface area contributed by atoms with Crippen LogP contribution in [0.1, 0.15) is 5.56 Å². The summed E-state index contributed by atoms with van der Waals surface area (Å²) in [5, 5.41) is 2.92. The van der Waals surface area contributed by atoms with Gasteiger partial charge >= 0.3 is 0 Å². The van der Waals surface area contributed by atoms with E-state index in [0.717, 1.165) is 11.3 Å². The van der Waals surface area contributed by atoms with Crippen LogP contribution in [0.2, 0.25) is 0 Å². The second-order valence-corrected chi connectivity index (χ2v) is 6.05. The van der Waals surface area contributed by atoms with Crippen LogP contribution in [0.5, 0.6) is 11.5 Å². The Labute approximate surface area is 151 Å². The van der Waals surface area contributed by atoms with Crippen molar-refractivity contribution in [2.24, 2.45) is 0 Å². The molecular formula is C20H19N3O3. The van der Waals surface area contributed by atoms with E-state index < -0.39 is 6.10 Å². The first-order valence-corrected chi connectivity index (χ1v) is 8.52. The van der Waals surface area contributed by atoms with Crippen molar-refractivity contribution in [1.82, 2.24) is 9.55 Å². The quantitative estimate of drug-likeness (QED) is 0.743. The molecule has 6 nitrogen and oxygen atoms in total. The number of nitrogens with one attached hydrogen (secondary N) is 1. The molecule has 1 atom stereocenters. The molecule has 1 amide bonds. The van der Waals surface area contributed by atoms with Crippen LogP contribution < -0.4 is 14.8 Å². The summed E-state index contributed by atoms with van der Waals surface area (Å²) in [7, 11) is 0. The Hall–Kier alpha value is -3.28. The van der Waals surface area contributed by atoms with Gasteiger partial charge in [0, 0.05) is 18.8 Å². The van der Waals surface area contributed by atoms with E-state index in [0.29, 0.717) is 31.0 Å². The molecule has 6 heteroatoms.